The van der Waals surface area contributed by atoms with Crippen LogP contribution in [0, 0.1) is 52.9 Å². The molecule has 0 N–H and O–H groups in total. The molecule has 0 spiro atoms. The highest BCUT2D eigenvalue weighted by Gasteiger charge is 2.23. The largest absolute Gasteiger partial charge is 0.192 e. The summed E-state index contributed by atoms with van der Waals surface area (Å²) in [4.78, 5) is 0. The molecule has 7 heteroatoms. The third-order valence-electron chi connectivity index (χ3n) is 5.68. The van der Waals surface area contributed by atoms with E-state index in [2.05, 4.69) is 13.0 Å². The second kappa shape index (κ2) is 7.51. The molecule has 0 aromatic heterocycles. The van der Waals surface area contributed by atoms with Crippen LogP contribution in [-0.4, -0.2) is 44.7 Å². The first kappa shape index (κ1) is 20.6. The van der Waals surface area contributed by atoms with Crippen molar-refractivity contribution in [2.45, 2.75) is 41.5 Å². The van der Waals surface area contributed by atoms with E-state index in [0.717, 1.165) is 50.0 Å². The van der Waals surface area contributed by atoms with Crippen molar-refractivity contribution in [1.82, 2.24) is 0 Å². The van der Waals surface area contributed by atoms with Crippen molar-refractivity contribution in [2.75, 3.05) is 0 Å². The Morgan fingerprint density at radius 2 is 1.35 bits per heavy atom. The summed E-state index contributed by atoms with van der Waals surface area (Å²) in [6.45, 7) is 11.4. The van der Waals surface area contributed by atoms with Gasteiger partial charge in [-0.25, -0.2) is 0 Å². The number of benzene rings is 2. The highest BCUT2D eigenvalue weighted by atomic mass is 14.3. The van der Waals surface area contributed by atoms with Crippen molar-refractivity contribution < 1.29 is 0 Å². The lowest BCUT2D eigenvalue weighted by molar-refractivity contribution is 1.21. The van der Waals surface area contributed by atoms with E-state index in [1.54, 1.807) is 0 Å². The normalized spacial score (nSPS) is 10.5. The van der Waals surface area contributed by atoms with E-state index < -0.39 is 6.49 Å². The van der Waals surface area contributed by atoms with Gasteiger partial charge in [-0.1, -0.05) is 11.0 Å². The summed E-state index contributed by atoms with van der Waals surface area (Å²) in [5.74, 6) is 0. The molecule has 117 valence electrons. The monoisotopic (exact) mass is 326 g/mol. The van der Waals surface area contributed by atoms with Crippen LogP contribution in [0.5, 0.6) is 0 Å². The third-order valence-corrected chi connectivity index (χ3v) is 5.68. The van der Waals surface area contributed by atoms with Crippen LogP contribution in [0.4, 0.5) is 0 Å². The second-order valence-corrected chi connectivity index (χ2v) is 6.92. The summed E-state index contributed by atoms with van der Waals surface area (Å²) in [5.41, 5.74) is 10.7. The van der Waals surface area contributed by atoms with Gasteiger partial charge in [0.05, 0.1) is 25.3 Å². The molecule has 2 aromatic carbocycles. The summed E-state index contributed by atoms with van der Waals surface area (Å²) in [7, 11) is 25.8. The molecule has 9 radical (unpaired) electrons. The van der Waals surface area contributed by atoms with Gasteiger partial charge < -0.3 is 0 Å². The minimum atomic E-state index is -0.670. The summed E-state index contributed by atoms with van der Waals surface area (Å²) >= 11 is 0. The molecule has 0 heterocycles. The van der Waals surface area contributed by atoms with Gasteiger partial charge in [-0.15, -0.1) is 10.9 Å². The lowest BCUT2D eigenvalue weighted by Gasteiger charge is -2.28. The molecule has 1 nitrogen and oxygen atoms in total. The number of nitriles is 1. The Labute approximate surface area is 164 Å². The maximum atomic E-state index is 9.66. The average Bonchev–Trinajstić information content (AvgIpc) is 2.59. The number of hydrogen-bond donors (Lipinski definition) is 0. The van der Waals surface area contributed by atoms with Crippen LogP contribution in [0.2, 0.25) is 0 Å². The zero-order valence-corrected chi connectivity index (χ0v) is 16.4. The van der Waals surface area contributed by atoms with Crippen molar-refractivity contribution in [3.05, 3.63) is 38.9 Å². The van der Waals surface area contributed by atoms with Gasteiger partial charge in [0, 0.05) is 23.2 Å². The minimum Gasteiger partial charge on any atom is -0.192 e. The van der Waals surface area contributed by atoms with Crippen LogP contribution in [0.3, 0.4) is 0 Å². The summed E-state index contributed by atoms with van der Waals surface area (Å²) in [6, 6.07) is 2.34. The van der Waals surface area contributed by atoms with Crippen LogP contribution in [0.25, 0.3) is 11.1 Å². The lowest BCUT2D eigenvalue weighted by Crippen LogP contribution is -2.54. The number of rotatable bonds is 3. The molecule has 0 saturated carbocycles. The maximum absolute atomic E-state index is 9.66. The molecule has 0 fully saturated rings. The van der Waals surface area contributed by atoms with E-state index in [1.165, 1.54) is 7.17 Å². The fourth-order valence-corrected chi connectivity index (χ4v) is 3.89. The minimum absolute atomic E-state index is 0.546. The van der Waals surface area contributed by atoms with Crippen molar-refractivity contribution in [3.8, 4) is 17.2 Å². The molecule has 0 aliphatic carbocycles. The van der Waals surface area contributed by atoms with Gasteiger partial charge in [-0.05, 0) is 80.5 Å². The quantitative estimate of drug-likeness (QED) is 0.746. The molecule has 2 rings (SSSR count). The predicted octanol–water partition coefficient (Wildman–Crippen LogP) is 0.315. The SMILES string of the molecule is [B][B]c1c([B])c(-c2c(C)c(C)c(C)c(C#N)c2C)c(C)c(C)c1B([B])[B]. The highest BCUT2D eigenvalue weighted by Crippen LogP contribution is 2.35. The zero-order valence-electron chi connectivity index (χ0n) is 16.4. The van der Waals surface area contributed by atoms with Crippen LogP contribution in [0.1, 0.15) is 38.9 Å². The molecule has 0 atom stereocenters. The van der Waals surface area contributed by atoms with Crippen molar-refractivity contribution in [3.63, 3.8) is 0 Å². The Morgan fingerprint density at radius 3 is 1.81 bits per heavy atom. The Kier molecular flexibility index (Phi) is 5.96. The van der Waals surface area contributed by atoms with Gasteiger partial charge in [0.2, 0.25) is 0 Å². The Bertz CT molecular complexity index is 941. The van der Waals surface area contributed by atoms with Gasteiger partial charge in [-0.3, -0.25) is 0 Å². The third kappa shape index (κ3) is 2.98. The highest BCUT2D eigenvalue weighted by molar-refractivity contribution is 7.36. The smallest absolute Gasteiger partial charge is 0.113 e. The van der Waals surface area contributed by atoms with E-state index in [4.69, 9.17) is 31.1 Å². The van der Waals surface area contributed by atoms with Crippen molar-refractivity contribution >= 4 is 61.1 Å². The molecule has 26 heavy (non-hydrogen) atoms. The molecule has 2 aromatic rings. The first-order valence-corrected chi connectivity index (χ1v) is 8.59. The lowest BCUT2D eigenvalue weighted by atomic mass is 9.14. The summed E-state index contributed by atoms with van der Waals surface area (Å²) in [5, 5.41) is 9.66. The standard InChI is InChI=1S/C19H18B6N/c1-8-9(2)14(7-26)13(6)15(10(8)3)16-11(4)12(5)19(25(22)23)18(24-21)17(16)20/h1-6H3. The van der Waals surface area contributed by atoms with Gasteiger partial charge in [0.1, 0.15) is 7.85 Å². The molecular weight excluding hydrogens is 307 g/mol. The number of hydrogen-bond acceptors (Lipinski definition) is 1. The van der Waals surface area contributed by atoms with Gasteiger partial charge >= 0.3 is 0 Å². The van der Waals surface area contributed by atoms with Crippen molar-refractivity contribution in [2.24, 2.45) is 0 Å². The Morgan fingerprint density at radius 1 is 0.808 bits per heavy atom. The molecule has 0 aliphatic rings. The van der Waals surface area contributed by atoms with E-state index in [1.807, 2.05) is 34.6 Å². The molecule has 0 bridgehead atoms. The first-order valence-electron chi connectivity index (χ1n) is 8.59. The summed E-state index contributed by atoms with van der Waals surface area (Å²) < 4.78 is 0. The van der Waals surface area contributed by atoms with Gasteiger partial charge in [-0.2, -0.15) is 5.26 Å². The molecule has 0 saturated heterocycles. The molecule has 0 aliphatic heterocycles. The van der Waals surface area contributed by atoms with E-state index >= 15 is 0 Å². The Balaban J connectivity index is 3.08. The summed E-state index contributed by atoms with van der Waals surface area (Å²) in [6.07, 6.45) is 0. The number of nitrogens with zero attached hydrogens (tertiary/aromatic N) is 1. The Hall–Kier alpha value is -1.68. The van der Waals surface area contributed by atoms with Crippen LogP contribution in [-0.2, 0) is 0 Å². The molecule has 0 amide bonds. The second-order valence-electron chi connectivity index (χ2n) is 6.92. The zero-order chi connectivity index (χ0) is 19.9. The molecule has 0 unspecified atom stereocenters. The van der Waals surface area contributed by atoms with Gasteiger partial charge in [0.15, 0.2) is 0 Å². The fourth-order valence-electron chi connectivity index (χ4n) is 3.89. The predicted molar refractivity (Wildman–Crippen MR) is 118 cm³/mol. The van der Waals surface area contributed by atoms with Crippen LogP contribution in [0.15, 0.2) is 0 Å². The van der Waals surface area contributed by atoms with E-state index in [9.17, 15) is 5.26 Å². The van der Waals surface area contributed by atoms with Crippen LogP contribution >= 0.6 is 0 Å². The first-order chi connectivity index (χ1) is 12.1. The van der Waals surface area contributed by atoms with Crippen molar-refractivity contribution in [1.29, 1.82) is 5.26 Å². The van der Waals surface area contributed by atoms with E-state index in [0.29, 0.717) is 16.5 Å². The van der Waals surface area contributed by atoms with E-state index in [-0.39, 0.29) is 0 Å². The van der Waals surface area contributed by atoms with Crippen LogP contribution < -0.4 is 16.4 Å². The average molecular weight is 325 g/mol. The molecular formula is C19H18B6N. The maximum Gasteiger partial charge on any atom is 0.113 e. The van der Waals surface area contributed by atoms with Gasteiger partial charge in [0.25, 0.3) is 0 Å². The fraction of sp³-hybridized carbons (Fsp3) is 0.316. The topological polar surface area (TPSA) is 23.8 Å².